The van der Waals surface area contributed by atoms with E-state index in [1.54, 1.807) is 23.7 Å². The molecule has 256 valence electrons. The van der Waals surface area contributed by atoms with Crippen molar-refractivity contribution in [1.29, 1.82) is 0 Å². The van der Waals surface area contributed by atoms with Gasteiger partial charge in [0.2, 0.25) is 0 Å². The lowest BCUT2D eigenvalue weighted by molar-refractivity contribution is 0.0736. The molecule has 2 aromatic carbocycles. The number of hydrogen-bond donors (Lipinski definition) is 3. The number of anilines is 3. The molecule has 12 nitrogen and oxygen atoms in total. The first-order chi connectivity index (χ1) is 22.4. The average molecular weight is 684 g/mol. The van der Waals surface area contributed by atoms with Crippen LogP contribution in [0, 0.1) is 25.5 Å². The van der Waals surface area contributed by atoms with Crippen LogP contribution in [0.15, 0.2) is 60.7 Å². The van der Waals surface area contributed by atoms with Gasteiger partial charge < -0.3 is 15.1 Å². The second-order valence-corrected chi connectivity index (χ2v) is 13.9. The molecule has 1 aliphatic rings. The lowest BCUT2D eigenvalue weighted by Crippen LogP contribution is -2.49. The molecule has 0 atom stereocenters. The molecule has 15 heteroatoms. The van der Waals surface area contributed by atoms with Crippen molar-refractivity contribution in [3.8, 4) is 5.69 Å². The third kappa shape index (κ3) is 9.35. The Morgan fingerprint density at radius 1 is 0.896 bits per heavy atom. The summed E-state index contributed by atoms with van der Waals surface area (Å²) in [5.74, 6) is -1.18. The van der Waals surface area contributed by atoms with Crippen molar-refractivity contribution in [1.82, 2.24) is 19.7 Å². The Morgan fingerprint density at radius 3 is 2.02 bits per heavy atom. The standard InChI is InChI=1S/C32H35F2N7O2.CH4O3S/c1-20-9-11-22(12-10-20)41-28(19-26(38-41)32(3,4)5)37-31(43)36-25-13-14-27(35-21(25)2)39-15-17-40(18-16-39)30(42)29-23(33)7-6-8-24(29)34;1-5(2,3)4/h6-14,19H,15-18H2,1-5H3,(H2,36,37,43);1H3,(H,2,3,4). The van der Waals surface area contributed by atoms with Crippen molar-refractivity contribution >= 4 is 39.4 Å². The Labute approximate surface area is 278 Å². The molecule has 3 amide bonds. The van der Waals surface area contributed by atoms with Crippen molar-refractivity contribution in [3.63, 3.8) is 0 Å². The van der Waals surface area contributed by atoms with E-state index in [-0.39, 0.29) is 5.41 Å². The lowest BCUT2D eigenvalue weighted by atomic mass is 9.92. The first-order valence-corrected chi connectivity index (χ1v) is 16.9. The van der Waals surface area contributed by atoms with Crippen LogP contribution in [-0.2, 0) is 15.5 Å². The number of carbonyl (C=O) groups is 2. The van der Waals surface area contributed by atoms with E-state index in [2.05, 4.69) is 36.4 Å². The number of halogens is 2. The summed E-state index contributed by atoms with van der Waals surface area (Å²) in [7, 11) is -3.67. The maximum Gasteiger partial charge on any atom is 0.324 e. The number of rotatable bonds is 5. The number of benzene rings is 2. The van der Waals surface area contributed by atoms with Crippen molar-refractivity contribution in [2.45, 2.75) is 40.0 Å². The van der Waals surface area contributed by atoms with Crippen LogP contribution in [0.3, 0.4) is 0 Å². The maximum atomic E-state index is 14.1. The highest BCUT2D eigenvalue weighted by Gasteiger charge is 2.27. The molecule has 5 rings (SSSR count). The summed E-state index contributed by atoms with van der Waals surface area (Å²) in [6.45, 7) is 11.5. The highest BCUT2D eigenvalue weighted by Crippen LogP contribution is 2.27. The summed E-state index contributed by atoms with van der Waals surface area (Å²) in [5.41, 5.74) is 3.20. The van der Waals surface area contributed by atoms with Gasteiger partial charge in [0.15, 0.2) is 0 Å². The van der Waals surface area contributed by atoms with E-state index in [4.69, 9.17) is 9.65 Å². The number of pyridine rings is 1. The van der Waals surface area contributed by atoms with Crippen molar-refractivity contribution < 1.29 is 31.3 Å². The molecule has 0 saturated carbocycles. The third-order valence-electron chi connectivity index (χ3n) is 7.38. The van der Waals surface area contributed by atoms with Gasteiger partial charge in [-0.05, 0) is 50.2 Å². The van der Waals surface area contributed by atoms with Crippen LogP contribution in [0.4, 0.5) is 30.9 Å². The summed E-state index contributed by atoms with van der Waals surface area (Å²) in [5, 5.41) is 10.6. The number of nitrogens with one attached hydrogen (secondary N) is 2. The third-order valence-corrected chi connectivity index (χ3v) is 7.38. The summed E-state index contributed by atoms with van der Waals surface area (Å²) in [6, 6.07) is 16.3. The van der Waals surface area contributed by atoms with Gasteiger partial charge in [-0.1, -0.05) is 44.5 Å². The predicted molar refractivity (Wildman–Crippen MR) is 181 cm³/mol. The van der Waals surface area contributed by atoms with E-state index in [0.717, 1.165) is 29.1 Å². The minimum Gasteiger partial charge on any atom is -0.353 e. The Kier molecular flexibility index (Phi) is 10.8. The van der Waals surface area contributed by atoms with Crippen LogP contribution in [0.2, 0.25) is 0 Å². The maximum absolute atomic E-state index is 14.1. The molecule has 4 aromatic rings. The number of aryl methyl sites for hydroxylation is 2. The zero-order valence-corrected chi connectivity index (χ0v) is 28.4. The lowest BCUT2D eigenvalue weighted by Gasteiger charge is -2.35. The zero-order chi connectivity index (χ0) is 35.4. The van der Waals surface area contributed by atoms with E-state index in [1.165, 1.54) is 11.0 Å². The van der Waals surface area contributed by atoms with E-state index in [0.29, 0.717) is 55.5 Å². The van der Waals surface area contributed by atoms with Crippen LogP contribution in [0.5, 0.6) is 0 Å². The van der Waals surface area contributed by atoms with Crippen molar-refractivity contribution in [2.24, 2.45) is 0 Å². The first kappa shape index (κ1) is 36.0. The predicted octanol–water partition coefficient (Wildman–Crippen LogP) is 5.57. The fourth-order valence-electron chi connectivity index (χ4n) is 4.84. The second kappa shape index (κ2) is 14.5. The molecule has 3 heterocycles. The van der Waals surface area contributed by atoms with Crippen LogP contribution < -0.4 is 15.5 Å². The Balaban J connectivity index is 0.000000968. The molecule has 1 saturated heterocycles. The molecule has 2 aromatic heterocycles. The minimum absolute atomic E-state index is 0.216. The van der Waals surface area contributed by atoms with Crippen LogP contribution >= 0.6 is 0 Å². The van der Waals surface area contributed by atoms with Crippen LogP contribution in [0.1, 0.15) is 48.1 Å². The van der Waals surface area contributed by atoms with Gasteiger partial charge in [-0.2, -0.15) is 13.5 Å². The largest absolute Gasteiger partial charge is 0.353 e. The fourth-order valence-corrected chi connectivity index (χ4v) is 4.84. The summed E-state index contributed by atoms with van der Waals surface area (Å²) < 4.78 is 55.8. The van der Waals surface area contributed by atoms with Gasteiger partial charge in [-0.25, -0.2) is 23.2 Å². The topological polar surface area (TPSA) is 150 Å². The average Bonchev–Trinajstić information content (AvgIpc) is 3.42. The summed E-state index contributed by atoms with van der Waals surface area (Å²) in [6.07, 6.45) is 0.715. The van der Waals surface area contributed by atoms with Crippen LogP contribution in [-0.4, -0.2) is 77.0 Å². The van der Waals surface area contributed by atoms with E-state index in [9.17, 15) is 26.8 Å². The number of urea groups is 1. The monoisotopic (exact) mass is 683 g/mol. The Hall–Kier alpha value is -4.89. The SMILES string of the molecule is CS(=O)(=O)O.Cc1ccc(-n2nc(C(C)(C)C)cc2NC(=O)Nc2ccc(N3CCN(C(=O)c4c(F)cccc4F)CC3)nc2C)cc1. The molecule has 48 heavy (non-hydrogen) atoms. The van der Waals surface area contributed by atoms with Gasteiger partial charge in [-0.15, -0.1) is 0 Å². The Bertz CT molecular complexity index is 1870. The van der Waals surface area contributed by atoms with Gasteiger partial charge in [-0.3, -0.25) is 14.7 Å². The van der Waals surface area contributed by atoms with Gasteiger partial charge >= 0.3 is 6.03 Å². The number of piperazine rings is 1. The normalized spacial score (nSPS) is 13.4. The van der Waals surface area contributed by atoms with Crippen molar-refractivity contribution in [3.05, 3.63) is 94.8 Å². The molecule has 1 fully saturated rings. The number of aromatic nitrogens is 3. The molecule has 0 unspecified atom stereocenters. The molecule has 0 bridgehead atoms. The fraction of sp³-hybridized carbons (Fsp3) is 0.333. The Morgan fingerprint density at radius 2 is 1.48 bits per heavy atom. The quantitative estimate of drug-likeness (QED) is 0.231. The van der Waals surface area contributed by atoms with Gasteiger partial charge in [0.1, 0.15) is 28.8 Å². The number of carbonyl (C=O) groups excluding carboxylic acids is 2. The molecule has 1 aliphatic heterocycles. The van der Waals surface area contributed by atoms with Gasteiger partial charge in [0.25, 0.3) is 16.0 Å². The minimum atomic E-state index is -3.67. The summed E-state index contributed by atoms with van der Waals surface area (Å²) in [4.78, 5) is 33.9. The number of nitrogens with zero attached hydrogens (tertiary/aromatic N) is 5. The molecule has 3 N–H and O–H groups in total. The van der Waals surface area contributed by atoms with E-state index >= 15 is 0 Å². The van der Waals surface area contributed by atoms with Crippen LogP contribution in [0.25, 0.3) is 5.69 Å². The smallest absolute Gasteiger partial charge is 0.324 e. The van der Waals surface area contributed by atoms with E-state index < -0.39 is 39.3 Å². The van der Waals surface area contributed by atoms with Gasteiger partial charge in [0.05, 0.1) is 29.0 Å². The van der Waals surface area contributed by atoms with Crippen molar-refractivity contribution in [2.75, 3.05) is 48.0 Å². The highest BCUT2D eigenvalue weighted by molar-refractivity contribution is 7.85. The molecular formula is C33H39F2N7O5S. The molecular weight excluding hydrogens is 644 g/mol. The molecule has 0 radical (unpaired) electrons. The molecule has 0 spiro atoms. The molecule has 0 aliphatic carbocycles. The van der Waals surface area contributed by atoms with E-state index in [1.807, 2.05) is 42.2 Å². The second-order valence-electron chi connectivity index (χ2n) is 12.4. The summed E-state index contributed by atoms with van der Waals surface area (Å²) >= 11 is 0. The highest BCUT2D eigenvalue weighted by atomic mass is 32.2. The van der Waals surface area contributed by atoms with Gasteiger partial charge in [0, 0.05) is 37.7 Å². The number of amides is 3. The number of hydrogen-bond acceptors (Lipinski definition) is 7. The first-order valence-electron chi connectivity index (χ1n) is 15.0. The zero-order valence-electron chi connectivity index (χ0n) is 27.6.